The quantitative estimate of drug-likeness (QED) is 0.766. The van der Waals surface area contributed by atoms with Crippen LogP contribution in [0.4, 0.5) is 0 Å². The highest BCUT2D eigenvalue weighted by Gasteiger charge is 2.27. The van der Waals surface area contributed by atoms with E-state index < -0.39 is 0 Å². The standard InChI is InChI=1S/C13H26N2O/c1-2-13-10(6-7-16-13)9-15-12-5-3-4-11(14)8-12/h10-13,15H,2-9,14H2,1H3. The molecule has 3 N–H and O–H groups in total. The van der Waals surface area contributed by atoms with Crippen LogP contribution in [0.1, 0.15) is 45.4 Å². The second-order valence-corrected chi connectivity index (χ2v) is 5.40. The van der Waals surface area contributed by atoms with Crippen LogP contribution in [-0.2, 0) is 4.74 Å². The molecule has 1 saturated carbocycles. The van der Waals surface area contributed by atoms with Gasteiger partial charge in [-0.3, -0.25) is 0 Å². The van der Waals surface area contributed by atoms with Gasteiger partial charge in [0.2, 0.25) is 0 Å². The monoisotopic (exact) mass is 226 g/mol. The normalized spacial score (nSPS) is 40.1. The lowest BCUT2D eigenvalue weighted by Gasteiger charge is -2.29. The first kappa shape index (κ1) is 12.3. The van der Waals surface area contributed by atoms with Crippen LogP contribution < -0.4 is 11.1 Å². The van der Waals surface area contributed by atoms with Crippen LogP contribution in [0, 0.1) is 5.92 Å². The maximum atomic E-state index is 6.00. The molecule has 0 radical (unpaired) electrons. The fourth-order valence-electron chi connectivity index (χ4n) is 3.11. The minimum absolute atomic E-state index is 0.424. The van der Waals surface area contributed by atoms with Gasteiger partial charge >= 0.3 is 0 Å². The van der Waals surface area contributed by atoms with Crippen molar-refractivity contribution < 1.29 is 4.74 Å². The molecule has 4 atom stereocenters. The molecule has 16 heavy (non-hydrogen) atoms. The first-order valence-electron chi connectivity index (χ1n) is 6.90. The van der Waals surface area contributed by atoms with E-state index in [4.69, 9.17) is 10.5 Å². The van der Waals surface area contributed by atoms with Crippen LogP contribution in [0.25, 0.3) is 0 Å². The van der Waals surface area contributed by atoms with Crippen LogP contribution in [0.2, 0.25) is 0 Å². The van der Waals surface area contributed by atoms with Crippen LogP contribution in [0.5, 0.6) is 0 Å². The third-order valence-electron chi connectivity index (χ3n) is 4.13. The Kier molecular flexibility index (Phi) is 4.62. The average molecular weight is 226 g/mol. The second kappa shape index (κ2) is 5.99. The van der Waals surface area contributed by atoms with Gasteiger partial charge in [-0.05, 0) is 38.0 Å². The summed E-state index contributed by atoms with van der Waals surface area (Å²) in [6, 6.07) is 1.08. The van der Waals surface area contributed by atoms with Gasteiger partial charge < -0.3 is 15.8 Å². The molecule has 1 aliphatic heterocycles. The molecule has 2 aliphatic rings. The van der Waals surface area contributed by atoms with Gasteiger partial charge in [-0.25, -0.2) is 0 Å². The molecule has 2 rings (SSSR count). The number of hydrogen-bond donors (Lipinski definition) is 2. The zero-order valence-electron chi connectivity index (χ0n) is 10.5. The van der Waals surface area contributed by atoms with Crippen LogP contribution >= 0.6 is 0 Å². The van der Waals surface area contributed by atoms with Crippen LogP contribution in [0.15, 0.2) is 0 Å². The zero-order chi connectivity index (χ0) is 11.4. The fourth-order valence-corrected chi connectivity index (χ4v) is 3.11. The molecule has 0 bridgehead atoms. The molecular formula is C13H26N2O. The highest BCUT2D eigenvalue weighted by molar-refractivity contribution is 4.83. The molecule has 2 fully saturated rings. The Morgan fingerprint density at radius 3 is 2.94 bits per heavy atom. The van der Waals surface area contributed by atoms with E-state index in [0.717, 1.165) is 31.9 Å². The summed E-state index contributed by atoms with van der Waals surface area (Å²) in [6.45, 7) is 4.30. The molecule has 94 valence electrons. The van der Waals surface area contributed by atoms with E-state index in [2.05, 4.69) is 12.2 Å². The van der Waals surface area contributed by atoms with Crippen molar-refractivity contribution in [2.24, 2.45) is 11.7 Å². The van der Waals surface area contributed by atoms with Crippen LogP contribution in [-0.4, -0.2) is 31.3 Å². The lowest BCUT2D eigenvalue weighted by Crippen LogP contribution is -2.42. The van der Waals surface area contributed by atoms with Crippen molar-refractivity contribution in [1.82, 2.24) is 5.32 Å². The molecule has 0 amide bonds. The van der Waals surface area contributed by atoms with E-state index in [1.165, 1.54) is 25.7 Å². The van der Waals surface area contributed by atoms with E-state index in [1.807, 2.05) is 0 Å². The molecular weight excluding hydrogens is 200 g/mol. The van der Waals surface area contributed by atoms with Gasteiger partial charge in [-0.15, -0.1) is 0 Å². The molecule has 0 aromatic heterocycles. The Balaban J connectivity index is 1.70. The average Bonchev–Trinajstić information content (AvgIpc) is 2.74. The summed E-state index contributed by atoms with van der Waals surface area (Å²) in [7, 11) is 0. The lowest BCUT2D eigenvalue weighted by atomic mass is 9.91. The zero-order valence-corrected chi connectivity index (χ0v) is 10.5. The third kappa shape index (κ3) is 3.19. The molecule has 0 aromatic rings. The van der Waals surface area contributed by atoms with E-state index in [1.54, 1.807) is 0 Å². The number of ether oxygens (including phenoxy) is 1. The Morgan fingerprint density at radius 2 is 2.19 bits per heavy atom. The van der Waals surface area contributed by atoms with Gasteiger partial charge in [0, 0.05) is 25.2 Å². The summed E-state index contributed by atoms with van der Waals surface area (Å²) in [5.74, 6) is 0.725. The SMILES string of the molecule is CCC1OCCC1CNC1CCCC(N)C1. The Labute approximate surface area is 99.1 Å². The molecule has 1 heterocycles. The predicted molar refractivity (Wildman–Crippen MR) is 66.4 cm³/mol. The minimum atomic E-state index is 0.424. The number of hydrogen-bond acceptors (Lipinski definition) is 3. The molecule has 1 aliphatic carbocycles. The first-order valence-corrected chi connectivity index (χ1v) is 6.90. The summed E-state index contributed by atoms with van der Waals surface area (Å²) in [6.07, 6.45) is 7.83. The van der Waals surface area contributed by atoms with Gasteiger partial charge in [0.25, 0.3) is 0 Å². The van der Waals surface area contributed by atoms with Gasteiger partial charge in [0.05, 0.1) is 6.10 Å². The highest BCUT2D eigenvalue weighted by Crippen LogP contribution is 2.24. The maximum absolute atomic E-state index is 6.00. The lowest BCUT2D eigenvalue weighted by molar-refractivity contribution is 0.0861. The smallest absolute Gasteiger partial charge is 0.0613 e. The first-order chi connectivity index (χ1) is 7.79. The van der Waals surface area contributed by atoms with E-state index in [9.17, 15) is 0 Å². The van der Waals surface area contributed by atoms with Crippen molar-refractivity contribution in [2.75, 3.05) is 13.2 Å². The number of nitrogens with one attached hydrogen (secondary N) is 1. The molecule has 3 nitrogen and oxygen atoms in total. The van der Waals surface area contributed by atoms with Crippen molar-refractivity contribution in [3.63, 3.8) is 0 Å². The van der Waals surface area contributed by atoms with Crippen molar-refractivity contribution in [3.8, 4) is 0 Å². The molecule has 0 spiro atoms. The second-order valence-electron chi connectivity index (χ2n) is 5.40. The van der Waals surface area contributed by atoms with Gasteiger partial charge in [-0.1, -0.05) is 13.3 Å². The van der Waals surface area contributed by atoms with Gasteiger partial charge in [0.1, 0.15) is 0 Å². The molecule has 1 saturated heterocycles. The van der Waals surface area contributed by atoms with Gasteiger partial charge in [0.15, 0.2) is 0 Å². The summed E-state index contributed by atoms with van der Waals surface area (Å²) in [4.78, 5) is 0. The maximum Gasteiger partial charge on any atom is 0.0613 e. The van der Waals surface area contributed by atoms with Gasteiger partial charge in [-0.2, -0.15) is 0 Å². The fraction of sp³-hybridized carbons (Fsp3) is 1.00. The van der Waals surface area contributed by atoms with Crippen LogP contribution in [0.3, 0.4) is 0 Å². The predicted octanol–water partition coefficient (Wildman–Crippen LogP) is 1.66. The van der Waals surface area contributed by atoms with Crippen molar-refractivity contribution in [2.45, 2.75) is 63.6 Å². The summed E-state index contributed by atoms with van der Waals surface area (Å²) in [5.41, 5.74) is 6.00. The van der Waals surface area contributed by atoms with Crippen molar-refractivity contribution >= 4 is 0 Å². The molecule has 4 unspecified atom stereocenters. The summed E-state index contributed by atoms with van der Waals surface area (Å²) in [5, 5.41) is 3.70. The van der Waals surface area contributed by atoms with Crippen molar-refractivity contribution in [3.05, 3.63) is 0 Å². The third-order valence-corrected chi connectivity index (χ3v) is 4.13. The summed E-state index contributed by atoms with van der Waals surface area (Å²) >= 11 is 0. The molecule has 0 aromatic carbocycles. The van der Waals surface area contributed by atoms with Crippen molar-refractivity contribution in [1.29, 1.82) is 0 Å². The van der Waals surface area contributed by atoms with E-state index >= 15 is 0 Å². The Morgan fingerprint density at radius 1 is 1.31 bits per heavy atom. The molecule has 3 heteroatoms. The Bertz CT molecular complexity index is 210. The minimum Gasteiger partial charge on any atom is -0.378 e. The number of nitrogens with two attached hydrogens (primary N) is 1. The Hall–Kier alpha value is -0.120. The summed E-state index contributed by atoms with van der Waals surface area (Å²) < 4.78 is 5.71. The van der Waals surface area contributed by atoms with E-state index in [0.29, 0.717) is 18.2 Å². The largest absolute Gasteiger partial charge is 0.378 e. The highest BCUT2D eigenvalue weighted by atomic mass is 16.5. The topological polar surface area (TPSA) is 47.3 Å². The number of rotatable bonds is 4. The van der Waals surface area contributed by atoms with E-state index in [-0.39, 0.29) is 0 Å².